The Morgan fingerprint density at radius 2 is 2.11 bits per heavy atom. The molecule has 0 saturated heterocycles. The van der Waals surface area contributed by atoms with E-state index in [4.69, 9.17) is 16.9 Å². The van der Waals surface area contributed by atoms with Crippen LogP contribution in [0.3, 0.4) is 0 Å². The molecule has 1 atom stereocenters. The third-order valence-electron chi connectivity index (χ3n) is 3.82. The standard InChI is InChI=1S/C16H16ClF2N5O3S/c1-9(16(2,18)19)23-28(26,27)12-8-24(3)14(13(12)17)15(25)22-10-4-5-21-11(6-10)7-20/h4-6,8-9,23H,1-3H3,(H,21,22,25). The van der Waals surface area contributed by atoms with Gasteiger partial charge in [-0.25, -0.2) is 26.9 Å². The van der Waals surface area contributed by atoms with Gasteiger partial charge < -0.3 is 9.88 Å². The van der Waals surface area contributed by atoms with E-state index in [2.05, 4.69) is 10.3 Å². The Morgan fingerprint density at radius 3 is 2.68 bits per heavy atom. The molecular weight excluding hydrogens is 416 g/mol. The molecular formula is C16H16ClF2N5O3S. The van der Waals surface area contributed by atoms with Gasteiger partial charge in [-0.2, -0.15) is 5.26 Å². The molecule has 12 heteroatoms. The zero-order valence-electron chi connectivity index (χ0n) is 15.0. The molecule has 1 unspecified atom stereocenters. The Labute approximate surface area is 165 Å². The number of nitriles is 1. The van der Waals surface area contributed by atoms with Crippen molar-refractivity contribution in [3.63, 3.8) is 0 Å². The number of aromatic nitrogens is 2. The van der Waals surface area contributed by atoms with E-state index >= 15 is 0 Å². The lowest BCUT2D eigenvalue weighted by atomic mass is 10.2. The lowest BCUT2D eigenvalue weighted by Crippen LogP contribution is -2.43. The first kappa shape index (κ1) is 21.7. The molecule has 2 heterocycles. The summed E-state index contributed by atoms with van der Waals surface area (Å²) in [6.45, 7) is 1.59. The van der Waals surface area contributed by atoms with E-state index < -0.39 is 37.8 Å². The highest BCUT2D eigenvalue weighted by atomic mass is 35.5. The molecule has 0 spiro atoms. The Bertz CT molecular complexity index is 1060. The van der Waals surface area contributed by atoms with Crippen molar-refractivity contribution in [1.29, 1.82) is 5.26 Å². The van der Waals surface area contributed by atoms with Crippen molar-refractivity contribution in [3.8, 4) is 6.07 Å². The van der Waals surface area contributed by atoms with E-state index in [0.717, 1.165) is 17.7 Å². The number of hydrogen-bond acceptors (Lipinski definition) is 5. The fourth-order valence-corrected chi connectivity index (χ4v) is 4.18. The largest absolute Gasteiger partial charge is 0.344 e. The number of sulfonamides is 1. The highest BCUT2D eigenvalue weighted by Gasteiger charge is 2.36. The van der Waals surface area contributed by atoms with E-state index in [9.17, 15) is 22.0 Å². The number of anilines is 1. The predicted molar refractivity (Wildman–Crippen MR) is 97.7 cm³/mol. The first-order valence-corrected chi connectivity index (χ1v) is 9.65. The van der Waals surface area contributed by atoms with Crippen LogP contribution in [0.4, 0.5) is 14.5 Å². The second-order valence-electron chi connectivity index (χ2n) is 6.06. The van der Waals surface area contributed by atoms with E-state index in [1.165, 1.54) is 25.4 Å². The molecule has 8 nitrogen and oxygen atoms in total. The molecule has 0 aromatic carbocycles. The topological polar surface area (TPSA) is 117 Å². The SMILES string of the molecule is CC(NS(=O)(=O)c1cn(C)c(C(=O)Nc2ccnc(C#N)c2)c1Cl)C(C)(F)F. The summed E-state index contributed by atoms with van der Waals surface area (Å²) in [5, 5.41) is 10.9. The summed E-state index contributed by atoms with van der Waals surface area (Å²) in [5.41, 5.74) is 0.113. The van der Waals surface area contributed by atoms with Crippen molar-refractivity contribution >= 4 is 33.2 Å². The van der Waals surface area contributed by atoms with Crippen LogP contribution in [0.5, 0.6) is 0 Å². The van der Waals surface area contributed by atoms with Gasteiger partial charge in [0, 0.05) is 32.1 Å². The van der Waals surface area contributed by atoms with Crippen LogP contribution in [0.2, 0.25) is 5.02 Å². The molecule has 0 radical (unpaired) electrons. The van der Waals surface area contributed by atoms with Gasteiger partial charge in [-0.15, -0.1) is 0 Å². The van der Waals surface area contributed by atoms with Gasteiger partial charge in [-0.05, 0) is 19.1 Å². The first-order valence-electron chi connectivity index (χ1n) is 7.79. The molecule has 0 aliphatic rings. The van der Waals surface area contributed by atoms with Crippen LogP contribution < -0.4 is 10.0 Å². The highest BCUT2D eigenvalue weighted by molar-refractivity contribution is 7.89. The summed E-state index contributed by atoms with van der Waals surface area (Å²) in [4.78, 5) is 15.8. The highest BCUT2D eigenvalue weighted by Crippen LogP contribution is 2.29. The zero-order valence-corrected chi connectivity index (χ0v) is 16.6. The van der Waals surface area contributed by atoms with Gasteiger partial charge in [0.15, 0.2) is 0 Å². The summed E-state index contributed by atoms with van der Waals surface area (Å²) >= 11 is 6.08. The van der Waals surface area contributed by atoms with Crippen molar-refractivity contribution in [2.45, 2.75) is 30.7 Å². The summed E-state index contributed by atoms with van der Waals surface area (Å²) in [7, 11) is -3.03. The van der Waals surface area contributed by atoms with Gasteiger partial charge in [0.25, 0.3) is 11.8 Å². The lowest BCUT2D eigenvalue weighted by Gasteiger charge is -2.20. The molecule has 2 N–H and O–H groups in total. The van der Waals surface area contributed by atoms with E-state index in [1.807, 2.05) is 10.8 Å². The number of aryl methyl sites for hydroxylation is 1. The van der Waals surface area contributed by atoms with Crippen molar-refractivity contribution in [2.75, 3.05) is 5.32 Å². The monoisotopic (exact) mass is 431 g/mol. The van der Waals surface area contributed by atoms with Gasteiger partial charge in [0.1, 0.15) is 22.4 Å². The lowest BCUT2D eigenvalue weighted by molar-refractivity contribution is -0.00488. The molecule has 0 saturated carbocycles. The molecule has 0 bridgehead atoms. The molecule has 0 aliphatic heterocycles. The van der Waals surface area contributed by atoms with E-state index in [0.29, 0.717) is 6.92 Å². The van der Waals surface area contributed by atoms with Crippen LogP contribution in [0.25, 0.3) is 0 Å². The van der Waals surface area contributed by atoms with Gasteiger partial charge in [0.05, 0.1) is 11.1 Å². The molecule has 1 amide bonds. The molecule has 2 aromatic rings. The summed E-state index contributed by atoms with van der Waals surface area (Å²) in [6.07, 6.45) is 2.36. The number of pyridine rings is 1. The van der Waals surface area contributed by atoms with E-state index in [1.54, 1.807) is 0 Å². The van der Waals surface area contributed by atoms with Crippen LogP contribution in [0.1, 0.15) is 30.0 Å². The number of alkyl halides is 2. The number of carbonyl (C=O) groups is 1. The summed E-state index contributed by atoms with van der Waals surface area (Å²) < 4.78 is 54.5. The average Bonchev–Trinajstić information content (AvgIpc) is 2.89. The van der Waals surface area contributed by atoms with Crippen molar-refractivity contribution < 1.29 is 22.0 Å². The number of halogens is 3. The molecule has 2 rings (SSSR count). The van der Waals surface area contributed by atoms with Crippen molar-refractivity contribution in [3.05, 3.63) is 40.9 Å². The van der Waals surface area contributed by atoms with Crippen LogP contribution in [-0.4, -0.2) is 35.8 Å². The maximum absolute atomic E-state index is 13.3. The summed E-state index contributed by atoms with van der Waals surface area (Å²) in [6, 6.07) is 2.88. The second kappa shape index (κ2) is 7.83. The van der Waals surface area contributed by atoms with Crippen LogP contribution in [0.15, 0.2) is 29.4 Å². The Hall–Kier alpha value is -2.55. The minimum absolute atomic E-state index is 0.0673. The quantitative estimate of drug-likeness (QED) is 0.728. The fourth-order valence-electron chi connectivity index (χ4n) is 2.18. The molecule has 2 aromatic heterocycles. The van der Waals surface area contributed by atoms with Gasteiger partial charge in [-0.1, -0.05) is 11.6 Å². The molecule has 150 valence electrons. The van der Waals surface area contributed by atoms with E-state index in [-0.39, 0.29) is 17.1 Å². The number of nitrogens with one attached hydrogen (secondary N) is 2. The number of nitrogens with zero attached hydrogens (tertiary/aromatic N) is 3. The smallest absolute Gasteiger partial charge is 0.273 e. The van der Waals surface area contributed by atoms with Gasteiger partial charge >= 0.3 is 0 Å². The Kier molecular flexibility index (Phi) is 6.08. The third kappa shape index (κ3) is 4.64. The Balaban J connectivity index is 2.35. The van der Waals surface area contributed by atoms with Crippen molar-refractivity contribution in [1.82, 2.24) is 14.3 Å². The molecule has 0 aliphatic carbocycles. The third-order valence-corrected chi connectivity index (χ3v) is 5.86. The number of carbonyl (C=O) groups excluding carboxylic acids is 1. The average molecular weight is 432 g/mol. The minimum atomic E-state index is -4.41. The van der Waals surface area contributed by atoms with Crippen LogP contribution in [-0.2, 0) is 17.1 Å². The normalized spacial score (nSPS) is 13.0. The minimum Gasteiger partial charge on any atom is -0.344 e. The molecule has 28 heavy (non-hydrogen) atoms. The number of hydrogen-bond donors (Lipinski definition) is 2. The van der Waals surface area contributed by atoms with Crippen LogP contribution in [0, 0.1) is 11.3 Å². The number of amides is 1. The van der Waals surface area contributed by atoms with Gasteiger partial charge in [0.2, 0.25) is 10.0 Å². The summed E-state index contributed by atoms with van der Waals surface area (Å²) in [5.74, 6) is -4.05. The maximum Gasteiger partial charge on any atom is 0.273 e. The second-order valence-corrected chi connectivity index (χ2v) is 8.12. The first-order chi connectivity index (χ1) is 12.9. The molecule has 0 fully saturated rings. The fraction of sp³-hybridized carbons (Fsp3) is 0.312. The van der Waals surface area contributed by atoms with Crippen molar-refractivity contribution in [2.24, 2.45) is 7.05 Å². The van der Waals surface area contributed by atoms with Gasteiger partial charge in [-0.3, -0.25) is 4.79 Å². The maximum atomic E-state index is 13.3. The number of rotatable bonds is 6. The zero-order chi connectivity index (χ0) is 21.3. The Morgan fingerprint density at radius 1 is 1.46 bits per heavy atom. The predicted octanol–water partition coefficient (Wildman–Crippen LogP) is 2.52. The van der Waals surface area contributed by atoms with Crippen LogP contribution >= 0.6 is 11.6 Å².